The lowest BCUT2D eigenvalue weighted by Gasteiger charge is -2.12. The van der Waals surface area contributed by atoms with Crippen molar-refractivity contribution in [2.45, 2.75) is 33.2 Å². The molecule has 1 amide bonds. The van der Waals surface area contributed by atoms with Crippen LogP contribution < -0.4 is 11.1 Å². The molecule has 0 bridgehead atoms. The molecule has 23 heavy (non-hydrogen) atoms. The van der Waals surface area contributed by atoms with Gasteiger partial charge in [0.05, 0.1) is 11.7 Å². The fourth-order valence-corrected chi connectivity index (χ4v) is 2.98. The van der Waals surface area contributed by atoms with Crippen LogP contribution in [0.5, 0.6) is 0 Å². The number of aromatic nitrogens is 1. The van der Waals surface area contributed by atoms with E-state index in [1.54, 1.807) is 12.1 Å². The molecule has 0 aliphatic carbocycles. The summed E-state index contributed by atoms with van der Waals surface area (Å²) in [7, 11) is 0. The van der Waals surface area contributed by atoms with E-state index in [2.05, 4.69) is 10.3 Å². The van der Waals surface area contributed by atoms with E-state index < -0.39 is 6.04 Å². The van der Waals surface area contributed by atoms with Gasteiger partial charge in [0.25, 0.3) is 0 Å². The van der Waals surface area contributed by atoms with Crippen molar-refractivity contribution < 1.29 is 9.18 Å². The van der Waals surface area contributed by atoms with Gasteiger partial charge in [0.2, 0.25) is 5.91 Å². The van der Waals surface area contributed by atoms with Crippen LogP contribution in [0.4, 0.5) is 9.52 Å². The molecule has 0 aliphatic heterocycles. The Labute approximate surface area is 145 Å². The number of carbonyl (C=O) groups is 1. The molecule has 1 aromatic carbocycles. The van der Waals surface area contributed by atoms with Gasteiger partial charge >= 0.3 is 0 Å². The highest BCUT2D eigenvalue weighted by Crippen LogP contribution is 2.30. The molecule has 4 nitrogen and oxygen atoms in total. The summed E-state index contributed by atoms with van der Waals surface area (Å²) in [6, 6.07) is 5.59. The Morgan fingerprint density at radius 2 is 1.96 bits per heavy atom. The smallest absolute Gasteiger partial charge is 0.243 e. The van der Waals surface area contributed by atoms with Gasteiger partial charge in [0.15, 0.2) is 5.13 Å². The average molecular weight is 358 g/mol. The average Bonchev–Trinajstić information content (AvgIpc) is 2.79. The lowest BCUT2D eigenvalue weighted by Crippen LogP contribution is -2.36. The predicted molar refractivity (Wildman–Crippen MR) is 95.6 cm³/mol. The van der Waals surface area contributed by atoms with Crippen LogP contribution >= 0.6 is 23.7 Å². The van der Waals surface area contributed by atoms with E-state index in [1.807, 2.05) is 20.8 Å². The summed E-state index contributed by atoms with van der Waals surface area (Å²) in [6.45, 7) is 5.96. The van der Waals surface area contributed by atoms with Crippen molar-refractivity contribution in [1.29, 1.82) is 0 Å². The molecule has 1 atom stereocenters. The first kappa shape index (κ1) is 19.5. The van der Waals surface area contributed by atoms with Gasteiger partial charge in [-0.05, 0) is 43.5 Å². The minimum absolute atomic E-state index is 0. The van der Waals surface area contributed by atoms with E-state index in [0.717, 1.165) is 16.1 Å². The first-order chi connectivity index (χ1) is 10.4. The Hall–Kier alpha value is -1.50. The lowest BCUT2D eigenvalue weighted by atomic mass is 10.0. The van der Waals surface area contributed by atoms with Crippen molar-refractivity contribution in [3.05, 3.63) is 35.0 Å². The van der Waals surface area contributed by atoms with Gasteiger partial charge < -0.3 is 11.1 Å². The van der Waals surface area contributed by atoms with Crippen LogP contribution in [-0.4, -0.2) is 16.9 Å². The number of hydrogen-bond donors (Lipinski definition) is 2. The molecule has 0 unspecified atom stereocenters. The molecule has 2 rings (SSSR count). The molecular formula is C16H21ClFN3OS. The maximum absolute atomic E-state index is 13.0. The van der Waals surface area contributed by atoms with E-state index in [1.165, 1.54) is 23.5 Å². The highest BCUT2D eigenvalue weighted by Gasteiger charge is 2.18. The number of nitrogens with two attached hydrogens (primary N) is 1. The Balaban J connectivity index is 0.00000264. The van der Waals surface area contributed by atoms with Crippen molar-refractivity contribution in [2.24, 2.45) is 11.7 Å². The lowest BCUT2D eigenvalue weighted by molar-refractivity contribution is -0.117. The van der Waals surface area contributed by atoms with Gasteiger partial charge in [-0.3, -0.25) is 4.79 Å². The number of nitrogens with one attached hydrogen (secondary N) is 1. The molecule has 0 spiro atoms. The zero-order valence-electron chi connectivity index (χ0n) is 13.3. The van der Waals surface area contributed by atoms with Crippen LogP contribution in [0.1, 0.15) is 25.1 Å². The van der Waals surface area contributed by atoms with Crippen molar-refractivity contribution in [2.75, 3.05) is 5.32 Å². The van der Waals surface area contributed by atoms with Crippen LogP contribution in [0.25, 0.3) is 11.3 Å². The third-order valence-electron chi connectivity index (χ3n) is 3.21. The summed E-state index contributed by atoms with van der Waals surface area (Å²) in [6.07, 6.45) is 0.626. The molecule has 3 N–H and O–H groups in total. The number of hydrogen-bond acceptors (Lipinski definition) is 4. The molecule has 126 valence electrons. The third kappa shape index (κ3) is 5.27. The largest absolute Gasteiger partial charge is 0.320 e. The quantitative estimate of drug-likeness (QED) is 0.850. The standard InChI is InChI=1S/C16H20FN3OS.ClH/c1-9(2)8-13(18)15(21)20-16-19-14(10(3)22-16)11-4-6-12(17)7-5-11;/h4-7,9,13H,8,18H2,1-3H3,(H,19,20,21);1H/t13-;/m0./s1. The number of amides is 1. The maximum Gasteiger partial charge on any atom is 0.243 e. The van der Waals surface area contributed by atoms with E-state index in [0.29, 0.717) is 17.5 Å². The minimum atomic E-state index is -0.543. The van der Waals surface area contributed by atoms with Crippen LogP contribution in [0.2, 0.25) is 0 Å². The molecule has 0 aliphatic rings. The third-order valence-corrected chi connectivity index (χ3v) is 4.09. The summed E-state index contributed by atoms with van der Waals surface area (Å²) in [4.78, 5) is 17.4. The van der Waals surface area contributed by atoms with Crippen molar-refractivity contribution in [1.82, 2.24) is 4.98 Å². The van der Waals surface area contributed by atoms with E-state index in [-0.39, 0.29) is 24.1 Å². The first-order valence-corrected chi connectivity index (χ1v) is 7.98. The van der Waals surface area contributed by atoms with Gasteiger partial charge in [-0.15, -0.1) is 23.7 Å². The molecule has 7 heteroatoms. The molecule has 2 aromatic rings. The minimum Gasteiger partial charge on any atom is -0.320 e. The molecule has 1 aromatic heterocycles. The fourth-order valence-electron chi connectivity index (χ4n) is 2.14. The van der Waals surface area contributed by atoms with Crippen LogP contribution in [0.3, 0.4) is 0 Å². The summed E-state index contributed by atoms with van der Waals surface area (Å²) < 4.78 is 13.0. The Kier molecular flexibility index (Phi) is 7.12. The molecule has 1 heterocycles. The van der Waals surface area contributed by atoms with Crippen molar-refractivity contribution >= 4 is 34.8 Å². The van der Waals surface area contributed by atoms with Gasteiger partial charge in [-0.1, -0.05) is 13.8 Å². The zero-order chi connectivity index (χ0) is 16.3. The van der Waals surface area contributed by atoms with E-state index in [4.69, 9.17) is 5.73 Å². The van der Waals surface area contributed by atoms with E-state index in [9.17, 15) is 9.18 Å². The molecule has 0 saturated heterocycles. The molecule has 0 fully saturated rings. The van der Waals surface area contributed by atoms with Crippen LogP contribution in [0, 0.1) is 18.7 Å². The van der Waals surface area contributed by atoms with E-state index >= 15 is 0 Å². The number of aryl methyl sites for hydroxylation is 1. The number of carbonyl (C=O) groups excluding carboxylic acids is 1. The van der Waals surface area contributed by atoms with Crippen LogP contribution in [0.15, 0.2) is 24.3 Å². The predicted octanol–water partition coefficient (Wildman–Crippen LogP) is 3.99. The Morgan fingerprint density at radius 1 is 1.35 bits per heavy atom. The van der Waals surface area contributed by atoms with Gasteiger partial charge in [0.1, 0.15) is 5.82 Å². The number of nitrogens with zero attached hydrogens (tertiary/aromatic N) is 1. The van der Waals surface area contributed by atoms with Gasteiger partial charge in [-0.25, -0.2) is 9.37 Å². The fraction of sp³-hybridized carbons (Fsp3) is 0.375. The monoisotopic (exact) mass is 357 g/mol. The number of benzene rings is 1. The van der Waals surface area contributed by atoms with Crippen molar-refractivity contribution in [3.63, 3.8) is 0 Å². The first-order valence-electron chi connectivity index (χ1n) is 7.16. The SMILES string of the molecule is Cc1sc(NC(=O)[C@@H](N)CC(C)C)nc1-c1ccc(F)cc1.Cl. The Bertz CT molecular complexity index is 658. The summed E-state index contributed by atoms with van der Waals surface area (Å²) in [5.74, 6) is -0.161. The number of rotatable bonds is 5. The molecule has 0 saturated carbocycles. The molecule has 0 radical (unpaired) electrons. The summed E-state index contributed by atoms with van der Waals surface area (Å²) in [5, 5.41) is 3.27. The van der Waals surface area contributed by atoms with Crippen LogP contribution in [-0.2, 0) is 4.79 Å². The number of halogens is 2. The second kappa shape index (κ2) is 8.38. The second-order valence-electron chi connectivity index (χ2n) is 5.66. The number of anilines is 1. The Morgan fingerprint density at radius 3 is 2.52 bits per heavy atom. The van der Waals surface area contributed by atoms with Crippen molar-refractivity contribution in [3.8, 4) is 11.3 Å². The summed E-state index contributed by atoms with van der Waals surface area (Å²) in [5.41, 5.74) is 7.43. The topological polar surface area (TPSA) is 68.0 Å². The summed E-state index contributed by atoms with van der Waals surface area (Å²) >= 11 is 1.39. The maximum atomic E-state index is 13.0. The number of thiazole rings is 1. The normalized spacial score (nSPS) is 11.9. The zero-order valence-corrected chi connectivity index (χ0v) is 14.9. The van der Waals surface area contributed by atoms with Gasteiger partial charge in [0, 0.05) is 10.4 Å². The highest BCUT2D eigenvalue weighted by molar-refractivity contribution is 7.16. The molecular weight excluding hydrogens is 337 g/mol. The van der Waals surface area contributed by atoms with Gasteiger partial charge in [-0.2, -0.15) is 0 Å². The highest BCUT2D eigenvalue weighted by atomic mass is 35.5. The second-order valence-corrected chi connectivity index (χ2v) is 6.86.